The van der Waals surface area contributed by atoms with Gasteiger partial charge in [-0.05, 0) is 25.8 Å². The molecule has 1 fully saturated rings. The number of carbonyl (C=O) groups excluding carboxylic acids is 1. The van der Waals surface area contributed by atoms with Crippen molar-refractivity contribution in [2.24, 2.45) is 0 Å². The molecule has 4 heteroatoms. The Morgan fingerprint density at radius 3 is 3.31 bits per heavy atom. The Labute approximate surface area is 95.2 Å². The predicted molar refractivity (Wildman–Crippen MR) is 60.2 cm³/mol. The summed E-state index contributed by atoms with van der Waals surface area (Å²) >= 11 is 0. The van der Waals surface area contributed by atoms with E-state index >= 15 is 0 Å². The first-order valence-corrected chi connectivity index (χ1v) is 5.65. The third-order valence-electron chi connectivity index (χ3n) is 2.87. The number of rotatable bonds is 4. The Hall–Kier alpha value is -1.58. The largest absolute Gasteiger partial charge is 0.478 e. The van der Waals surface area contributed by atoms with Crippen LogP contribution in [0.25, 0.3) is 0 Å². The van der Waals surface area contributed by atoms with E-state index in [9.17, 15) is 4.79 Å². The fourth-order valence-corrected chi connectivity index (χ4v) is 2.16. The van der Waals surface area contributed by atoms with Crippen LogP contribution >= 0.6 is 0 Å². The second-order valence-corrected chi connectivity index (χ2v) is 3.83. The number of amides is 1. The quantitative estimate of drug-likeness (QED) is 0.726. The van der Waals surface area contributed by atoms with E-state index in [-0.39, 0.29) is 6.04 Å². The summed E-state index contributed by atoms with van der Waals surface area (Å²) in [7, 11) is 0. The first-order valence-electron chi connectivity index (χ1n) is 5.65. The molecule has 1 atom stereocenters. The van der Waals surface area contributed by atoms with E-state index in [1.807, 2.05) is 24.0 Å². The minimum atomic E-state index is 0.132. The molecule has 0 spiro atoms. The van der Waals surface area contributed by atoms with E-state index < -0.39 is 0 Å². The molecule has 1 aromatic heterocycles. The maximum absolute atomic E-state index is 10.9. The molecule has 86 valence electrons. The summed E-state index contributed by atoms with van der Waals surface area (Å²) in [6.45, 7) is 3.36. The Balaban J connectivity index is 2.27. The van der Waals surface area contributed by atoms with Gasteiger partial charge in [0.1, 0.15) is 0 Å². The zero-order valence-corrected chi connectivity index (χ0v) is 9.43. The Kier molecular flexibility index (Phi) is 3.39. The van der Waals surface area contributed by atoms with Gasteiger partial charge in [-0.15, -0.1) is 0 Å². The van der Waals surface area contributed by atoms with Crippen molar-refractivity contribution in [3.63, 3.8) is 0 Å². The Morgan fingerprint density at radius 1 is 1.69 bits per heavy atom. The molecular weight excluding hydrogens is 204 g/mol. The van der Waals surface area contributed by atoms with E-state index in [1.165, 1.54) is 0 Å². The molecule has 0 bridgehead atoms. The van der Waals surface area contributed by atoms with Crippen LogP contribution in [-0.2, 0) is 4.79 Å². The summed E-state index contributed by atoms with van der Waals surface area (Å²) in [5.41, 5.74) is 1.02. The molecule has 1 saturated heterocycles. The maximum Gasteiger partial charge on any atom is 0.218 e. The van der Waals surface area contributed by atoms with Crippen molar-refractivity contribution in [1.82, 2.24) is 9.88 Å². The molecule has 0 aliphatic carbocycles. The second kappa shape index (κ2) is 4.96. The molecule has 1 aliphatic rings. The van der Waals surface area contributed by atoms with Crippen molar-refractivity contribution in [2.45, 2.75) is 25.8 Å². The first-order chi connectivity index (χ1) is 7.86. The van der Waals surface area contributed by atoms with Gasteiger partial charge in [0, 0.05) is 18.3 Å². The molecule has 0 aromatic carbocycles. The highest BCUT2D eigenvalue weighted by atomic mass is 16.5. The van der Waals surface area contributed by atoms with Crippen LogP contribution in [0.15, 0.2) is 18.3 Å². The predicted octanol–water partition coefficient (Wildman–Crippen LogP) is 1.77. The van der Waals surface area contributed by atoms with E-state index in [0.717, 1.165) is 31.4 Å². The zero-order chi connectivity index (χ0) is 11.4. The van der Waals surface area contributed by atoms with Crippen LogP contribution in [0.4, 0.5) is 0 Å². The van der Waals surface area contributed by atoms with Gasteiger partial charge >= 0.3 is 0 Å². The summed E-state index contributed by atoms with van der Waals surface area (Å²) in [6.07, 6.45) is 4.67. The van der Waals surface area contributed by atoms with Gasteiger partial charge in [-0.25, -0.2) is 4.98 Å². The lowest BCUT2D eigenvalue weighted by atomic mass is 10.1. The molecule has 0 N–H and O–H groups in total. The lowest BCUT2D eigenvalue weighted by molar-refractivity contribution is -0.118. The van der Waals surface area contributed by atoms with Crippen molar-refractivity contribution < 1.29 is 9.53 Å². The van der Waals surface area contributed by atoms with Crippen molar-refractivity contribution in [2.75, 3.05) is 13.2 Å². The highest BCUT2D eigenvalue weighted by Crippen LogP contribution is 2.34. The minimum Gasteiger partial charge on any atom is -0.478 e. The number of ether oxygens (including phenoxy) is 1. The third-order valence-corrected chi connectivity index (χ3v) is 2.87. The summed E-state index contributed by atoms with van der Waals surface area (Å²) in [4.78, 5) is 17.0. The van der Waals surface area contributed by atoms with Crippen LogP contribution in [0.2, 0.25) is 0 Å². The monoisotopic (exact) mass is 220 g/mol. The third kappa shape index (κ3) is 2.01. The molecule has 2 heterocycles. The van der Waals surface area contributed by atoms with Crippen molar-refractivity contribution in [1.29, 1.82) is 0 Å². The molecule has 1 aromatic rings. The summed E-state index contributed by atoms with van der Waals surface area (Å²) in [6, 6.07) is 4.01. The zero-order valence-electron chi connectivity index (χ0n) is 9.43. The maximum atomic E-state index is 10.9. The van der Waals surface area contributed by atoms with Gasteiger partial charge in [-0.2, -0.15) is 0 Å². The van der Waals surface area contributed by atoms with E-state index in [0.29, 0.717) is 12.5 Å². The SMILES string of the molecule is CCOc1ncccc1C1CCCN1C=O. The minimum absolute atomic E-state index is 0.132. The number of likely N-dealkylation sites (tertiary alicyclic amines) is 1. The smallest absolute Gasteiger partial charge is 0.218 e. The molecule has 4 nitrogen and oxygen atoms in total. The Morgan fingerprint density at radius 2 is 2.56 bits per heavy atom. The van der Waals surface area contributed by atoms with Crippen molar-refractivity contribution in [3.8, 4) is 5.88 Å². The van der Waals surface area contributed by atoms with Crippen LogP contribution in [-0.4, -0.2) is 29.4 Å². The fraction of sp³-hybridized carbons (Fsp3) is 0.500. The van der Waals surface area contributed by atoms with Crippen LogP contribution in [0, 0.1) is 0 Å². The lowest BCUT2D eigenvalue weighted by Crippen LogP contribution is -2.21. The van der Waals surface area contributed by atoms with E-state index in [2.05, 4.69) is 4.98 Å². The topological polar surface area (TPSA) is 42.4 Å². The second-order valence-electron chi connectivity index (χ2n) is 3.83. The fourth-order valence-electron chi connectivity index (χ4n) is 2.16. The van der Waals surface area contributed by atoms with Crippen molar-refractivity contribution in [3.05, 3.63) is 23.9 Å². The molecule has 0 saturated carbocycles. The standard InChI is InChI=1S/C12H16N2O2/c1-2-16-12-10(5-3-7-13-12)11-6-4-8-14(11)9-15/h3,5,7,9,11H,2,4,6,8H2,1H3. The number of hydrogen-bond donors (Lipinski definition) is 0. The average molecular weight is 220 g/mol. The number of hydrogen-bond acceptors (Lipinski definition) is 3. The van der Waals surface area contributed by atoms with Crippen LogP contribution in [0.5, 0.6) is 5.88 Å². The van der Waals surface area contributed by atoms with Gasteiger partial charge in [0.2, 0.25) is 12.3 Å². The number of pyridine rings is 1. The average Bonchev–Trinajstić information content (AvgIpc) is 2.78. The Bertz CT molecular complexity index is 368. The summed E-state index contributed by atoms with van der Waals surface area (Å²) in [5, 5.41) is 0. The highest BCUT2D eigenvalue weighted by Gasteiger charge is 2.27. The number of aromatic nitrogens is 1. The highest BCUT2D eigenvalue weighted by molar-refractivity contribution is 5.50. The molecule has 16 heavy (non-hydrogen) atoms. The van der Waals surface area contributed by atoms with Crippen LogP contribution in [0.1, 0.15) is 31.4 Å². The molecule has 0 radical (unpaired) electrons. The lowest BCUT2D eigenvalue weighted by Gasteiger charge is -2.21. The van der Waals surface area contributed by atoms with Gasteiger partial charge in [0.15, 0.2) is 0 Å². The number of nitrogens with zero attached hydrogens (tertiary/aromatic N) is 2. The molecule has 1 amide bonds. The van der Waals surface area contributed by atoms with Crippen molar-refractivity contribution >= 4 is 6.41 Å². The van der Waals surface area contributed by atoms with Gasteiger partial charge in [0.05, 0.1) is 12.6 Å². The van der Waals surface area contributed by atoms with E-state index in [1.54, 1.807) is 6.20 Å². The van der Waals surface area contributed by atoms with Gasteiger partial charge in [-0.3, -0.25) is 4.79 Å². The normalized spacial score (nSPS) is 19.8. The summed E-state index contributed by atoms with van der Waals surface area (Å²) in [5.74, 6) is 0.656. The molecule has 1 unspecified atom stereocenters. The molecular formula is C12H16N2O2. The van der Waals surface area contributed by atoms with Gasteiger partial charge in [0.25, 0.3) is 0 Å². The molecule has 2 rings (SSSR count). The molecule has 1 aliphatic heterocycles. The van der Waals surface area contributed by atoms with Crippen LogP contribution in [0.3, 0.4) is 0 Å². The van der Waals surface area contributed by atoms with Crippen LogP contribution < -0.4 is 4.74 Å². The van der Waals surface area contributed by atoms with Gasteiger partial charge in [-0.1, -0.05) is 6.07 Å². The number of carbonyl (C=O) groups is 1. The summed E-state index contributed by atoms with van der Waals surface area (Å²) < 4.78 is 5.49. The van der Waals surface area contributed by atoms with E-state index in [4.69, 9.17) is 4.74 Å². The van der Waals surface area contributed by atoms with Gasteiger partial charge < -0.3 is 9.64 Å². The first kappa shape index (κ1) is 10.9.